The Morgan fingerprint density at radius 1 is 1.26 bits per heavy atom. The van der Waals surface area contributed by atoms with Gasteiger partial charge in [0.2, 0.25) is 5.91 Å². The van der Waals surface area contributed by atoms with E-state index in [0.717, 1.165) is 29.4 Å². The molecule has 1 heterocycles. The summed E-state index contributed by atoms with van der Waals surface area (Å²) in [5.74, 6) is 2.32. The van der Waals surface area contributed by atoms with Crippen molar-refractivity contribution < 1.29 is 9.21 Å². The fraction of sp³-hybridized carbons (Fsp3) is 0.545. The fourth-order valence-electron chi connectivity index (χ4n) is 3.90. The Kier molecular flexibility index (Phi) is 6.64. The number of benzene rings is 1. The molecule has 146 valence electrons. The average molecular weight is 388 g/mol. The lowest BCUT2D eigenvalue weighted by Gasteiger charge is -2.34. The van der Waals surface area contributed by atoms with E-state index in [1.54, 1.807) is 17.8 Å². The van der Waals surface area contributed by atoms with Crippen molar-refractivity contribution in [3.8, 4) is 0 Å². The van der Waals surface area contributed by atoms with E-state index >= 15 is 0 Å². The van der Waals surface area contributed by atoms with Gasteiger partial charge in [-0.05, 0) is 41.9 Å². The molecule has 0 bridgehead atoms. The topological polar surface area (TPSA) is 59.3 Å². The van der Waals surface area contributed by atoms with Gasteiger partial charge in [0.15, 0.2) is 0 Å². The van der Waals surface area contributed by atoms with Crippen molar-refractivity contribution in [1.29, 1.82) is 0 Å². The van der Waals surface area contributed by atoms with E-state index in [9.17, 15) is 9.59 Å². The first kappa shape index (κ1) is 20.0. The Morgan fingerprint density at radius 3 is 2.85 bits per heavy atom. The van der Waals surface area contributed by atoms with E-state index in [2.05, 4.69) is 32.2 Å². The number of amides is 1. The van der Waals surface area contributed by atoms with Crippen LogP contribution in [0.2, 0.25) is 0 Å². The van der Waals surface area contributed by atoms with Crippen LogP contribution in [0.25, 0.3) is 11.0 Å². The van der Waals surface area contributed by atoms with Crippen molar-refractivity contribution in [1.82, 2.24) is 5.32 Å². The first-order valence-corrected chi connectivity index (χ1v) is 11.1. The minimum Gasteiger partial charge on any atom is -0.423 e. The summed E-state index contributed by atoms with van der Waals surface area (Å²) in [7, 11) is 0. The van der Waals surface area contributed by atoms with Crippen molar-refractivity contribution in [3.05, 3.63) is 45.8 Å². The van der Waals surface area contributed by atoms with Gasteiger partial charge in [-0.2, -0.15) is 0 Å². The Morgan fingerprint density at radius 2 is 2.07 bits per heavy atom. The number of nitrogens with one attached hydrogen (secondary N) is 1. The summed E-state index contributed by atoms with van der Waals surface area (Å²) in [6.07, 6.45) is 4.42. The molecule has 1 saturated carbocycles. The van der Waals surface area contributed by atoms with E-state index in [1.165, 1.54) is 12.8 Å². The van der Waals surface area contributed by atoms with Crippen LogP contribution >= 0.6 is 11.8 Å². The molecule has 0 aliphatic heterocycles. The highest BCUT2D eigenvalue weighted by Crippen LogP contribution is 2.29. The maximum Gasteiger partial charge on any atom is 0.336 e. The molecule has 2 aromatic rings. The molecule has 1 aliphatic carbocycles. The maximum atomic E-state index is 12.4. The lowest BCUT2D eigenvalue weighted by atomic mass is 9.78. The van der Waals surface area contributed by atoms with Gasteiger partial charge in [0, 0.05) is 23.2 Å². The zero-order valence-corrected chi connectivity index (χ0v) is 17.2. The summed E-state index contributed by atoms with van der Waals surface area (Å²) in [6, 6.07) is 7.85. The molecule has 1 aromatic carbocycles. The van der Waals surface area contributed by atoms with Crippen LogP contribution in [0.15, 0.2) is 33.5 Å². The van der Waals surface area contributed by atoms with Crippen LogP contribution < -0.4 is 10.9 Å². The lowest BCUT2D eigenvalue weighted by Crippen LogP contribution is -2.44. The Hall–Kier alpha value is -1.75. The van der Waals surface area contributed by atoms with E-state index < -0.39 is 0 Å². The Bertz CT molecular complexity index is 860. The summed E-state index contributed by atoms with van der Waals surface area (Å²) in [4.78, 5) is 24.2. The SMILES string of the molecule is CCc1ccc2c(CSCC(=O)N[C@H]3CCC[C@H](C)[C@@H]3C)cc(=O)oc2c1. The van der Waals surface area contributed by atoms with Gasteiger partial charge in [0.25, 0.3) is 0 Å². The summed E-state index contributed by atoms with van der Waals surface area (Å²) in [5, 5.41) is 4.16. The number of aryl methyl sites for hydroxylation is 1. The van der Waals surface area contributed by atoms with Crippen LogP contribution in [0.3, 0.4) is 0 Å². The Balaban J connectivity index is 1.60. The molecule has 0 unspecified atom stereocenters. The summed E-state index contributed by atoms with van der Waals surface area (Å²) in [6.45, 7) is 6.58. The van der Waals surface area contributed by atoms with E-state index in [4.69, 9.17) is 4.42 Å². The van der Waals surface area contributed by atoms with Gasteiger partial charge in [0.1, 0.15) is 5.58 Å². The second-order valence-corrected chi connectivity index (χ2v) is 8.69. The molecule has 1 N–H and O–H groups in total. The largest absolute Gasteiger partial charge is 0.423 e. The Labute approximate surface area is 165 Å². The smallest absolute Gasteiger partial charge is 0.336 e. The van der Waals surface area contributed by atoms with Crippen LogP contribution in [0, 0.1) is 11.8 Å². The van der Waals surface area contributed by atoms with Gasteiger partial charge >= 0.3 is 5.63 Å². The van der Waals surface area contributed by atoms with Crippen LogP contribution in [-0.4, -0.2) is 17.7 Å². The summed E-state index contributed by atoms with van der Waals surface area (Å²) >= 11 is 1.55. The molecule has 4 nitrogen and oxygen atoms in total. The summed E-state index contributed by atoms with van der Waals surface area (Å²) < 4.78 is 5.35. The van der Waals surface area contributed by atoms with Gasteiger partial charge in [0.05, 0.1) is 5.75 Å². The third-order valence-electron chi connectivity index (χ3n) is 5.85. The van der Waals surface area contributed by atoms with Crippen molar-refractivity contribution >= 4 is 28.6 Å². The predicted molar refractivity (Wildman–Crippen MR) is 112 cm³/mol. The molecular formula is C22H29NO3S. The lowest BCUT2D eigenvalue weighted by molar-refractivity contribution is -0.119. The molecule has 3 rings (SSSR count). The predicted octanol–water partition coefficient (Wildman–Crippen LogP) is 4.53. The highest BCUT2D eigenvalue weighted by atomic mass is 32.2. The number of rotatable bonds is 6. The van der Waals surface area contributed by atoms with Crippen molar-refractivity contribution in [3.63, 3.8) is 0 Å². The second-order valence-electron chi connectivity index (χ2n) is 7.71. The van der Waals surface area contributed by atoms with Crippen LogP contribution in [0.4, 0.5) is 0 Å². The normalized spacial score (nSPS) is 22.7. The second kappa shape index (κ2) is 8.96. The molecule has 3 atom stereocenters. The minimum atomic E-state index is -0.333. The van der Waals surface area contributed by atoms with Crippen molar-refractivity contribution in [2.75, 3.05) is 5.75 Å². The summed E-state index contributed by atoms with van der Waals surface area (Å²) in [5.41, 5.74) is 2.37. The first-order chi connectivity index (χ1) is 13.0. The molecule has 5 heteroatoms. The number of carbonyl (C=O) groups is 1. The maximum absolute atomic E-state index is 12.4. The van der Waals surface area contributed by atoms with Crippen LogP contribution in [-0.2, 0) is 17.0 Å². The molecule has 27 heavy (non-hydrogen) atoms. The average Bonchev–Trinajstić information content (AvgIpc) is 2.64. The number of thioether (sulfide) groups is 1. The number of carbonyl (C=O) groups excluding carboxylic acids is 1. The van der Waals surface area contributed by atoms with E-state index in [0.29, 0.717) is 35.0 Å². The van der Waals surface area contributed by atoms with Crippen molar-refractivity contribution in [2.24, 2.45) is 11.8 Å². The number of hydrogen-bond acceptors (Lipinski definition) is 4. The van der Waals surface area contributed by atoms with Crippen LogP contribution in [0.5, 0.6) is 0 Å². The molecule has 0 spiro atoms. The monoisotopic (exact) mass is 387 g/mol. The standard InChI is InChI=1S/C22H29NO3S/c1-4-16-8-9-18-17(11-22(25)26-20(18)10-16)12-27-13-21(24)23-19-7-5-6-14(2)15(19)3/h8-11,14-15,19H,4-7,12-13H2,1-3H3,(H,23,24)/t14-,15-,19-/m0/s1. The van der Waals surface area contributed by atoms with Gasteiger partial charge < -0.3 is 9.73 Å². The van der Waals surface area contributed by atoms with Gasteiger partial charge in [-0.25, -0.2) is 4.79 Å². The zero-order chi connectivity index (χ0) is 19.4. The quantitative estimate of drug-likeness (QED) is 0.740. The zero-order valence-electron chi connectivity index (χ0n) is 16.4. The minimum absolute atomic E-state index is 0.0893. The number of fused-ring (bicyclic) bond motifs is 1. The van der Waals surface area contributed by atoms with Crippen LogP contribution in [0.1, 0.15) is 51.2 Å². The van der Waals surface area contributed by atoms with Gasteiger partial charge in [-0.15, -0.1) is 11.8 Å². The molecule has 1 aliphatic rings. The van der Waals surface area contributed by atoms with Crippen molar-refractivity contribution in [2.45, 2.75) is 58.2 Å². The first-order valence-electron chi connectivity index (χ1n) is 9.90. The molecule has 1 amide bonds. The van der Waals surface area contributed by atoms with E-state index in [1.807, 2.05) is 12.1 Å². The molecule has 0 radical (unpaired) electrons. The molecule has 1 fully saturated rings. The highest BCUT2D eigenvalue weighted by Gasteiger charge is 2.27. The third kappa shape index (κ3) is 4.95. The van der Waals surface area contributed by atoms with Gasteiger partial charge in [-0.1, -0.05) is 45.7 Å². The van der Waals surface area contributed by atoms with Gasteiger partial charge in [-0.3, -0.25) is 4.79 Å². The number of hydrogen-bond donors (Lipinski definition) is 1. The third-order valence-corrected chi connectivity index (χ3v) is 6.83. The molecule has 1 aromatic heterocycles. The van der Waals surface area contributed by atoms with E-state index in [-0.39, 0.29) is 11.5 Å². The fourth-order valence-corrected chi connectivity index (χ4v) is 4.73. The highest BCUT2D eigenvalue weighted by molar-refractivity contribution is 7.99. The molecule has 0 saturated heterocycles. The molecular weight excluding hydrogens is 358 g/mol.